The Labute approximate surface area is 82.3 Å². The fraction of sp³-hybridized carbons (Fsp3) is 0.0909. The molecule has 0 amide bonds. The predicted octanol–water partition coefficient (Wildman–Crippen LogP) is 2.25. The van der Waals surface area contributed by atoms with Crippen LogP contribution in [0.15, 0.2) is 30.3 Å². The highest BCUT2D eigenvalue weighted by molar-refractivity contribution is 5.88. The molecule has 1 aromatic carbocycles. The van der Waals surface area contributed by atoms with E-state index in [1.807, 2.05) is 43.3 Å². The Morgan fingerprint density at radius 2 is 2.00 bits per heavy atom. The van der Waals surface area contributed by atoms with E-state index in [1.54, 1.807) is 0 Å². The number of nitrogens with zero attached hydrogens (tertiary/aromatic N) is 2. The predicted molar refractivity (Wildman–Crippen MR) is 58.7 cm³/mol. The standard InChI is InChI=1S/C11H11N3/c1-2-5-10-13-9-7-4-3-6-8(9)11(12)14-10/h2-7H,1H3,(H2,12,13,14). The van der Waals surface area contributed by atoms with Gasteiger partial charge in [0, 0.05) is 5.39 Å². The van der Waals surface area contributed by atoms with Crippen LogP contribution in [0.4, 0.5) is 5.82 Å². The third kappa shape index (κ3) is 1.44. The third-order valence-corrected chi connectivity index (χ3v) is 1.97. The highest BCUT2D eigenvalue weighted by Crippen LogP contribution is 2.17. The number of para-hydroxylation sites is 1. The average molecular weight is 185 g/mol. The minimum absolute atomic E-state index is 0.531. The first kappa shape index (κ1) is 8.69. The van der Waals surface area contributed by atoms with Crippen molar-refractivity contribution in [3.63, 3.8) is 0 Å². The molecule has 14 heavy (non-hydrogen) atoms. The van der Waals surface area contributed by atoms with Gasteiger partial charge in [-0.25, -0.2) is 9.97 Å². The van der Waals surface area contributed by atoms with E-state index in [9.17, 15) is 0 Å². The number of hydrogen-bond donors (Lipinski definition) is 1. The Morgan fingerprint density at radius 1 is 1.21 bits per heavy atom. The molecular weight excluding hydrogens is 174 g/mol. The molecule has 0 radical (unpaired) electrons. The summed E-state index contributed by atoms with van der Waals surface area (Å²) in [5.74, 6) is 1.19. The summed E-state index contributed by atoms with van der Waals surface area (Å²) in [7, 11) is 0. The largest absolute Gasteiger partial charge is 0.383 e. The van der Waals surface area contributed by atoms with Gasteiger partial charge < -0.3 is 5.73 Å². The number of fused-ring (bicyclic) bond motifs is 1. The quantitative estimate of drug-likeness (QED) is 0.741. The van der Waals surface area contributed by atoms with Crippen LogP contribution in [0, 0.1) is 0 Å². The molecule has 0 aliphatic rings. The second kappa shape index (κ2) is 3.46. The van der Waals surface area contributed by atoms with Gasteiger partial charge >= 0.3 is 0 Å². The van der Waals surface area contributed by atoms with Crippen LogP contribution in [0.25, 0.3) is 17.0 Å². The lowest BCUT2D eigenvalue weighted by molar-refractivity contribution is 1.19. The van der Waals surface area contributed by atoms with Gasteiger partial charge in [-0.3, -0.25) is 0 Å². The average Bonchev–Trinajstić information content (AvgIpc) is 2.18. The fourth-order valence-electron chi connectivity index (χ4n) is 1.34. The van der Waals surface area contributed by atoms with Crippen molar-refractivity contribution in [2.24, 2.45) is 0 Å². The molecule has 0 aliphatic heterocycles. The van der Waals surface area contributed by atoms with Crippen LogP contribution in [-0.4, -0.2) is 9.97 Å². The Bertz CT molecular complexity index is 489. The Morgan fingerprint density at radius 3 is 2.79 bits per heavy atom. The molecule has 3 nitrogen and oxygen atoms in total. The molecule has 0 spiro atoms. The molecule has 2 aromatic rings. The molecule has 1 aromatic heterocycles. The van der Waals surface area contributed by atoms with E-state index in [0.717, 1.165) is 10.9 Å². The number of nitrogen functional groups attached to an aromatic ring is 1. The summed E-state index contributed by atoms with van der Waals surface area (Å²) in [5, 5.41) is 0.903. The van der Waals surface area contributed by atoms with Gasteiger partial charge in [-0.05, 0) is 25.1 Å². The monoisotopic (exact) mass is 185 g/mol. The molecule has 2 N–H and O–H groups in total. The summed E-state index contributed by atoms with van der Waals surface area (Å²) in [4.78, 5) is 8.52. The molecule has 2 rings (SSSR count). The highest BCUT2D eigenvalue weighted by Gasteiger charge is 2.01. The summed E-state index contributed by atoms with van der Waals surface area (Å²) in [6.07, 6.45) is 3.73. The molecule has 1 heterocycles. The van der Waals surface area contributed by atoms with Crippen molar-refractivity contribution in [1.29, 1.82) is 0 Å². The Hall–Kier alpha value is -1.90. The summed E-state index contributed by atoms with van der Waals surface area (Å²) in [6.45, 7) is 1.93. The van der Waals surface area contributed by atoms with Gasteiger partial charge in [0.15, 0.2) is 5.82 Å². The number of benzene rings is 1. The van der Waals surface area contributed by atoms with E-state index < -0.39 is 0 Å². The number of aromatic nitrogens is 2. The van der Waals surface area contributed by atoms with Crippen molar-refractivity contribution in [2.75, 3.05) is 5.73 Å². The van der Waals surface area contributed by atoms with Crippen molar-refractivity contribution in [3.8, 4) is 0 Å². The Balaban J connectivity index is 2.72. The van der Waals surface area contributed by atoms with Crippen molar-refractivity contribution >= 4 is 22.8 Å². The zero-order valence-electron chi connectivity index (χ0n) is 7.94. The van der Waals surface area contributed by atoms with E-state index >= 15 is 0 Å². The minimum Gasteiger partial charge on any atom is -0.383 e. The molecule has 3 heteroatoms. The summed E-state index contributed by atoms with van der Waals surface area (Å²) >= 11 is 0. The van der Waals surface area contributed by atoms with Crippen molar-refractivity contribution in [2.45, 2.75) is 6.92 Å². The first-order valence-corrected chi connectivity index (χ1v) is 4.46. The molecule has 0 aliphatic carbocycles. The summed E-state index contributed by atoms with van der Waals surface area (Å²) in [5.41, 5.74) is 6.68. The van der Waals surface area contributed by atoms with Crippen LogP contribution in [-0.2, 0) is 0 Å². The minimum atomic E-state index is 0.531. The van der Waals surface area contributed by atoms with Crippen molar-refractivity contribution in [3.05, 3.63) is 36.2 Å². The van der Waals surface area contributed by atoms with Gasteiger partial charge in [0.25, 0.3) is 0 Å². The van der Waals surface area contributed by atoms with Gasteiger partial charge in [0.2, 0.25) is 0 Å². The number of rotatable bonds is 1. The third-order valence-electron chi connectivity index (χ3n) is 1.97. The van der Waals surface area contributed by atoms with Crippen molar-refractivity contribution in [1.82, 2.24) is 9.97 Å². The summed E-state index contributed by atoms with van der Waals surface area (Å²) < 4.78 is 0. The zero-order chi connectivity index (χ0) is 9.97. The van der Waals surface area contributed by atoms with E-state index in [-0.39, 0.29) is 0 Å². The number of anilines is 1. The molecule has 0 fully saturated rings. The maximum absolute atomic E-state index is 5.80. The van der Waals surface area contributed by atoms with Gasteiger partial charge in [-0.2, -0.15) is 0 Å². The van der Waals surface area contributed by atoms with Gasteiger partial charge in [-0.15, -0.1) is 0 Å². The topological polar surface area (TPSA) is 51.8 Å². The number of nitrogens with two attached hydrogens (primary N) is 1. The maximum Gasteiger partial charge on any atom is 0.154 e. The maximum atomic E-state index is 5.80. The molecule has 0 saturated carbocycles. The van der Waals surface area contributed by atoms with Crippen molar-refractivity contribution < 1.29 is 0 Å². The van der Waals surface area contributed by atoms with E-state index in [2.05, 4.69) is 9.97 Å². The number of allylic oxidation sites excluding steroid dienone is 1. The molecule has 0 unspecified atom stereocenters. The smallest absolute Gasteiger partial charge is 0.154 e. The normalized spacial score (nSPS) is 11.2. The summed E-state index contributed by atoms with van der Waals surface area (Å²) in [6, 6.07) is 7.72. The van der Waals surface area contributed by atoms with Crippen LogP contribution in [0.3, 0.4) is 0 Å². The van der Waals surface area contributed by atoms with Crippen LogP contribution in [0.5, 0.6) is 0 Å². The Kier molecular flexibility index (Phi) is 2.14. The van der Waals surface area contributed by atoms with Gasteiger partial charge in [0.1, 0.15) is 5.82 Å². The van der Waals surface area contributed by atoms with Gasteiger partial charge in [0.05, 0.1) is 5.52 Å². The lowest BCUT2D eigenvalue weighted by Crippen LogP contribution is -1.96. The molecule has 0 bridgehead atoms. The number of hydrogen-bond acceptors (Lipinski definition) is 3. The van der Waals surface area contributed by atoms with Crippen LogP contribution in [0.1, 0.15) is 12.7 Å². The van der Waals surface area contributed by atoms with Crippen LogP contribution < -0.4 is 5.73 Å². The van der Waals surface area contributed by atoms with Crippen LogP contribution in [0.2, 0.25) is 0 Å². The molecule has 70 valence electrons. The molecule has 0 atom stereocenters. The van der Waals surface area contributed by atoms with Gasteiger partial charge in [-0.1, -0.05) is 18.2 Å². The highest BCUT2D eigenvalue weighted by atomic mass is 14.9. The molecular formula is C11H11N3. The van der Waals surface area contributed by atoms with Crippen LogP contribution >= 0.6 is 0 Å². The van der Waals surface area contributed by atoms with E-state index in [0.29, 0.717) is 11.6 Å². The fourth-order valence-corrected chi connectivity index (χ4v) is 1.34. The lowest BCUT2D eigenvalue weighted by Gasteiger charge is -2.01. The zero-order valence-corrected chi connectivity index (χ0v) is 7.94. The lowest BCUT2D eigenvalue weighted by atomic mass is 10.2. The van der Waals surface area contributed by atoms with E-state index in [4.69, 9.17) is 5.73 Å². The SMILES string of the molecule is CC=Cc1nc(N)c2ccccc2n1. The second-order valence-electron chi connectivity index (χ2n) is 2.98. The molecule has 0 saturated heterocycles. The second-order valence-corrected chi connectivity index (χ2v) is 2.98. The first-order chi connectivity index (χ1) is 6.81. The van der Waals surface area contributed by atoms with E-state index in [1.165, 1.54) is 0 Å². The first-order valence-electron chi connectivity index (χ1n) is 4.46.